The molecule has 1 saturated heterocycles. The minimum absolute atomic E-state index is 0.128. The number of fused-ring (bicyclic) bond motifs is 1. The minimum atomic E-state index is -0.191. The molecule has 16 heavy (non-hydrogen) atoms. The Bertz CT molecular complexity index is 442. The Kier molecular flexibility index (Phi) is 2.22. The van der Waals surface area contributed by atoms with Gasteiger partial charge in [0.1, 0.15) is 11.6 Å². The molecule has 0 bridgehead atoms. The number of ketones is 1. The number of oxime groups is 1. The first-order valence-corrected chi connectivity index (χ1v) is 5.39. The summed E-state index contributed by atoms with van der Waals surface area (Å²) >= 11 is 0. The molecule has 1 fully saturated rings. The summed E-state index contributed by atoms with van der Waals surface area (Å²) in [5.41, 5.74) is 1.75. The fraction of sp³-hybridized carbons (Fsp3) is 0.333. The van der Waals surface area contributed by atoms with E-state index in [1.807, 2.05) is 30.3 Å². The van der Waals surface area contributed by atoms with Gasteiger partial charge in [0.15, 0.2) is 11.9 Å². The second-order valence-electron chi connectivity index (χ2n) is 4.06. The molecule has 1 aromatic rings. The summed E-state index contributed by atoms with van der Waals surface area (Å²) in [6.07, 6.45) is -0.128. The highest BCUT2D eigenvalue weighted by Gasteiger charge is 2.42. The third kappa shape index (κ3) is 1.42. The molecule has 1 aromatic carbocycles. The number of nitrogens with zero attached hydrogens (tertiary/aromatic N) is 1. The van der Waals surface area contributed by atoms with E-state index in [1.165, 1.54) is 0 Å². The van der Waals surface area contributed by atoms with Gasteiger partial charge in [-0.1, -0.05) is 35.5 Å². The zero-order chi connectivity index (χ0) is 11.0. The van der Waals surface area contributed by atoms with Crippen molar-refractivity contribution in [3.63, 3.8) is 0 Å². The van der Waals surface area contributed by atoms with Crippen molar-refractivity contribution in [1.82, 2.24) is 5.32 Å². The van der Waals surface area contributed by atoms with Crippen LogP contribution in [0.2, 0.25) is 0 Å². The van der Waals surface area contributed by atoms with E-state index < -0.39 is 0 Å². The smallest absolute Gasteiger partial charge is 0.159 e. The lowest BCUT2D eigenvalue weighted by Gasteiger charge is -2.23. The Hall–Kier alpha value is -1.68. The number of carbonyl (C=O) groups is 1. The lowest BCUT2D eigenvalue weighted by atomic mass is 9.86. The van der Waals surface area contributed by atoms with Gasteiger partial charge in [0.05, 0.1) is 6.54 Å². The number of hydrogen-bond donors (Lipinski definition) is 1. The Morgan fingerprint density at radius 3 is 2.94 bits per heavy atom. The predicted octanol–water partition coefficient (Wildman–Crippen LogP) is 0.578. The second kappa shape index (κ2) is 3.72. The van der Waals surface area contributed by atoms with Crippen molar-refractivity contribution in [2.24, 2.45) is 11.1 Å². The van der Waals surface area contributed by atoms with Crippen molar-refractivity contribution in [1.29, 1.82) is 0 Å². The van der Waals surface area contributed by atoms with Gasteiger partial charge in [0.25, 0.3) is 0 Å². The Morgan fingerprint density at radius 1 is 1.31 bits per heavy atom. The quantitative estimate of drug-likeness (QED) is 0.747. The van der Waals surface area contributed by atoms with E-state index in [0.29, 0.717) is 13.1 Å². The van der Waals surface area contributed by atoms with Crippen LogP contribution in [-0.4, -0.2) is 30.7 Å². The van der Waals surface area contributed by atoms with Crippen molar-refractivity contribution in [3.05, 3.63) is 35.9 Å². The largest absolute Gasteiger partial charge is 0.390 e. The molecule has 2 aliphatic rings. The summed E-state index contributed by atoms with van der Waals surface area (Å²) < 4.78 is 0. The molecule has 4 heteroatoms. The number of benzene rings is 1. The molecular weight excluding hydrogens is 204 g/mol. The average molecular weight is 216 g/mol. The maximum absolute atomic E-state index is 11.8. The maximum Gasteiger partial charge on any atom is 0.159 e. The van der Waals surface area contributed by atoms with Gasteiger partial charge in [-0.3, -0.25) is 4.79 Å². The van der Waals surface area contributed by atoms with Gasteiger partial charge in [-0.15, -0.1) is 0 Å². The summed E-state index contributed by atoms with van der Waals surface area (Å²) in [6, 6.07) is 9.74. The highest BCUT2D eigenvalue weighted by Crippen LogP contribution is 2.25. The average Bonchev–Trinajstić information content (AvgIpc) is 2.75. The Labute approximate surface area is 93.3 Å². The highest BCUT2D eigenvalue weighted by molar-refractivity contribution is 6.15. The van der Waals surface area contributed by atoms with Crippen LogP contribution in [0.1, 0.15) is 5.56 Å². The van der Waals surface area contributed by atoms with E-state index in [0.717, 1.165) is 11.3 Å². The standard InChI is InChI=1S/C12H12N2O2/c15-9-6-13-7-10-11(9)12(14-16-10)8-4-2-1-3-5-8/h1-5,10-11,13H,6-7H2. The molecule has 1 N–H and O–H groups in total. The van der Waals surface area contributed by atoms with Gasteiger partial charge in [0.2, 0.25) is 0 Å². The lowest BCUT2D eigenvalue weighted by molar-refractivity contribution is -0.124. The third-order valence-corrected chi connectivity index (χ3v) is 3.01. The third-order valence-electron chi connectivity index (χ3n) is 3.01. The van der Waals surface area contributed by atoms with E-state index in [-0.39, 0.29) is 17.8 Å². The number of piperidine rings is 1. The van der Waals surface area contributed by atoms with Gasteiger partial charge >= 0.3 is 0 Å². The van der Waals surface area contributed by atoms with E-state index in [1.54, 1.807) is 0 Å². The van der Waals surface area contributed by atoms with Crippen LogP contribution >= 0.6 is 0 Å². The molecule has 0 radical (unpaired) electrons. The number of Topliss-reactive ketones (excluding diaryl/α,β-unsaturated/α-hetero) is 1. The van der Waals surface area contributed by atoms with Crippen LogP contribution in [0, 0.1) is 5.92 Å². The SMILES string of the molecule is O=C1CNCC2ON=C(c3ccccc3)C12. The fourth-order valence-corrected chi connectivity index (χ4v) is 2.22. The molecular formula is C12H12N2O2. The Morgan fingerprint density at radius 2 is 2.12 bits per heavy atom. The molecule has 0 spiro atoms. The molecule has 0 amide bonds. The van der Waals surface area contributed by atoms with Gasteiger partial charge in [0, 0.05) is 12.1 Å². The molecule has 0 aliphatic carbocycles. The maximum atomic E-state index is 11.8. The lowest BCUT2D eigenvalue weighted by Crippen LogP contribution is -2.48. The van der Waals surface area contributed by atoms with Gasteiger partial charge < -0.3 is 10.2 Å². The normalized spacial score (nSPS) is 28.2. The fourth-order valence-electron chi connectivity index (χ4n) is 2.22. The molecule has 2 aliphatic heterocycles. The van der Waals surface area contributed by atoms with Crippen LogP contribution in [-0.2, 0) is 9.63 Å². The second-order valence-corrected chi connectivity index (χ2v) is 4.06. The van der Waals surface area contributed by atoms with Gasteiger partial charge in [-0.25, -0.2) is 0 Å². The molecule has 82 valence electrons. The summed E-state index contributed by atoms with van der Waals surface area (Å²) in [5.74, 6) is -0.0278. The van der Waals surface area contributed by atoms with E-state index in [4.69, 9.17) is 4.84 Å². The van der Waals surface area contributed by atoms with E-state index in [9.17, 15) is 4.79 Å². The summed E-state index contributed by atoms with van der Waals surface area (Å²) in [7, 11) is 0. The van der Waals surface area contributed by atoms with Crippen LogP contribution in [0.4, 0.5) is 0 Å². The summed E-state index contributed by atoms with van der Waals surface area (Å²) in [4.78, 5) is 17.1. The minimum Gasteiger partial charge on any atom is -0.390 e. The van der Waals surface area contributed by atoms with Crippen molar-refractivity contribution in [2.45, 2.75) is 6.10 Å². The molecule has 0 aromatic heterocycles. The zero-order valence-electron chi connectivity index (χ0n) is 8.72. The van der Waals surface area contributed by atoms with Crippen LogP contribution in [0.25, 0.3) is 0 Å². The van der Waals surface area contributed by atoms with Gasteiger partial charge in [-0.2, -0.15) is 0 Å². The first-order chi connectivity index (χ1) is 7.86. The highest BCUT2D eigenvalue weighted by atomic mass is 16.6. The summed E-state index contributed by atoms with van der Waals surface area (Å²) in [6.45, 7) is 1.10. The monoisotopic (exact) mass is 216 g/mol. The first kappa shape index (κ1) is 9.54. The molecule has 2 unspecified atom stereocenters. The number of nitrogens with one attached hydrogen (secondary N) is 1. The summed E-state index contributed by atoms with van der Waals surface area (Å²) in [5, 5.41) is 7.09. The van der Waals surface area contributed by atoms with Crippen molar-refractivity contribution in [3.8, 4) is 0 Å². The van der Waals surface area contributed by atoms with Crippen molar-refractivity contribution >= 4 is 11.5 Å². The topological polar surface area (TPSA) is 50.7 Å². The number of rotatable bonds is 1. The van der Waals surface area contributed by atoms with Gasteiger partial charge in [-0.05, 0) is 0 Å². The number of hydrogen-bond acceptors (Lipinski definition) is 4. The zero-order valence-corrected chi connectivity index (χ0v) is 8.72. The van der Waals surface area contributed by atoms with Crippen molar-refractivity contribution in [2.75, 3.05) is 13.1 Å². The van der Waals surface area contributed by atoms with Crippen LogP contribution in [0.15, 0.2) is 35.5 Å². The molecule has 4 nitrogen and oxygen atoms in total. The van der Waals surface area contributed by atoms with E-state index >= 15 is 0 Å². The molecule has 2 atom stereocenters. The Balaban J connectivity index is 1.95. The molecule has 0 saturated carbocycles. The molecule has 3 rings (SSSR count). The first-order valence-electron chi connectivity index (χ1n) is 5.39. The molecule has 2 heterocycles. The van der Waals surface area contributed by atoms with E-state index in [2.05, 4.69) is 10.5 Å². The van der Waals surface area contributed by atoms with Crippen LogP contribution < -0.4 is 5.32 Å². The number of carbonyl (C=O) groups excluding carboxylic acids is 1. The predicted molar refractivity (Wildman–Crippen MR) is 59.2 cm³/mol. The van der Waals surface area contributed by atoms with Crippen molar-refractivity contribution < 1.29 is 9.63 Å². The van der Waals surface area contributed by atoms with Crippen LogP contribution in [0.5, 0.6) is 0 Å². The van der Waals surface area contributed by atoms with Crippen LogP contribution in [0.3, 0.4) is 0 Å².